The van der Waals surface area contributed by atoms with Crippen LogP contribution in [0.3, 0.4) is 0 Å². The Morgan fingerprint density at radius 1 is 1.20 bits per heavy atom. The summed E-state index contributed by atoms with van der Waals surface area (Å²) in [6.07, 6.45) is 1.93. The van der Waals surface area contributed by atoms with E-state index in [1.807, 2.05) is 18.2 Å². The number of nitrogens with zero attached hydrogens (tertiary/aromatic N) is 1. The fraction of sp³-hybridized carbons (Fsp3) is 0.500. The molecule has 0 spiro atoms. The fourth-order valence-electron chi connectivity index (χ4n) is 2.07. The molecule has 1 rings (SSSR count). The molecule has 0 saturated heterocycles. The number of amides is 1. The molecule has 0 aliphatic carbocycles. The molecule has 1 atom stereocenters. The molecule has 110 valence electrons. The molecule has 0 bridgehead atoms. The topological polar surface area (TPSA) is 57.6 Å². The van der Waals surface area contributed by atoms with Gasteiger partial charge in [-0.3, -0.25) is 9.59 Å². The molecule has 0 aliphatic heterocycles. The van der Waals surface area contributed by atoms with Crippen LogP contribution in [0.1, 0.15) is 44.1 Å². The van der Waals surface area contributed by atoms with E-state index < -0.39 is 5.97 Å². The quantitative estimate of drug-likeness (QED) is 0.795. The first-order valence-electron chi connectivity index (χ1n) is 7.01. The molecule has 0 fully saturated rings. The molecule has 0 heterocycles. The molecule has 1 N–H and O–H groups in total. The Morgan fingerprint density at radius 2 is 1.85 bits per heavy atom. The second kappa shape index (κ2) is 8.35. The molecule has 1 aromatic rings. The van der Waals surface area contributed by atoms with Crippen molar-refractivity contribution in [3.63, 3.8) is 0 Å². The second-order valence-electron chi connectivity index (χ2n) is 5.16. The minimum absolute atomic E-state index is 0.0816. The van der Waals surface area contributed by atoms with E-state index in [1.165, 1.54) is 5.56 Å². The zero-order chi connectivity index (χ0) is 15.0. The van der Waals surface area contributed by atoms with Crippen LogP contribution < -0.4 is 0 Å². The van der Waals surface area contributed by atoms with Crippen LogP contribution >= 0.6 is 0 Å². The van der Waals surface area contributed by atoms with E-state index in [-0.39, 0.29) is 12.3 Å². The van der Waals surface area contributed by atoms with Gasteiger partial charge in [-0.05, 0) is 24.3 Å². The van der Waals surface area contributed by atoms with Crippen molar-refractivity contribution in [3.05, 3.63) is 35.9 Å². The number of aliphatic carboxylic acids is 1. The Kier molecular flexibility index (Phi) is 6.77. The van der Waals surface area contributed by atoms with Crippen LogP contribution in [-0.2, 0) is 9.59 Å². The number of carboxylic acids is 1. The largest absolute Gasteiger partial charge is 0.481 e. The predicted octanol–water partition coefficient (Wildman–Crippen LogP) is 2.89. The number of carboxylic acid groups (broad SMARTS) is 1. The second-order valence-corrected chi connectivity index (χ2v) is 5.16. The molecular weight excluding hydrogens is 254 g/mol. The lowest BCUT2D eigenvalue weighted by Crippen LogP contribution is -2.28. The molecule has 0 saturated carbocycles. The highest BCUT2D eigenvalue weighted by atomic mass is 16.4. The van der Waals surface area contributed by atoms with E-state index >= 15 is 0 Å². The number of carbonyl (C=O) groups is 2. The highest BCUT2D eigenvalue weighted by Crippen LogP contribution is 2.20. The summed E-state index contributed by atoms with van der Waals surface area (Å²) < 4.78 is 0. The van der Waals surface area contributed by atoms with Crippen molar-refractivity contribution in [3.8, 4) is 0 Å². The van der Waals surface area contributed by atoms with Gasteiger partial charge < -0.3 is 10.0 Å². The third-order valence-electron chi connectivity index (χ3n) is 3.47. The zero-order valence-corrected chi connectivity index (χ0v) is 12.2. The minimum Gasteiger partial charge on any atom is -0.481 e. The van der Waals surface area contributed by atoms with Gasteiger partial charge in [-0.2, -0.15) is 0 Å². The van der Waals surface area contributed by atoms with E-state index in [0.29, 0.717) is 25.3 Å². The highest BCUT2D eigenvalue weighted by Gasteiger charge is 2.12. The smallest absolute Gasteiger partial charge is 0.303 e. The number of hydrogen-bond acceptors (Lipinski definition) is 2. The molecule has 0 radical (unpaired) electrons. The van der Waals surface area contributed by atoms with Crippen LogP contribution in [-0.4, -0.2) is 35.5 Å². The van der Waals surface area contributed by atoms with Crippen molar-refractivity contribution in [1.29, 1.82) is 0 Å². The molecule has 1 unspecified atom stereocenters. The Morgan fingerprint density at radius 3 is 2.45 bits per heavy atom. The molecule has 1 amide bonds. The molecule has 0 aliphatic rings. The molecule has 4 heteroatoms. The van der Waals surface area contributed by atoms with E-state index in [0.717, 1.165) is 6.42 Å². The first-order chi connectivity index (χ1) is 9.50. The highest BCUT2D eigenvalue weighted by molar-refractivity contribution is 5.76. The van der Waals surface area contributed by atoms with Gasteiger partial charge in [0.05, 0.1) is 0 Å². The predicted molar refractivity (Wildman–Crippen MR) is 78.6 cm³/mol. The van der Waals surface area contributed by atoms with Crippen molar-refractivity contribution in [2.24, 2.45) is 0 Å². The standard InChI is InChI=1S/C16H23NO3/c1-13(14-7-4-3-5-8-14)10-11-15(18)17(2)12-6-9-16(19)20/h3-5,7-8,13H,6,9-12H2,1-2H3,(H,19,20). The normalized spacial score (nSPS) is 11.9. The van der Waals surface area contributed by atoms with Crippen LogP contribution in [0.15, 0.2) is 30.3 Å². The molecule has 1 aromatic carbocycles. The summed E-state index contributed by atoms with van der Waals surface area (Å²) in [7, 11) is 1.73. The zero-order valence-electron chi connectivity index (χ0n) is 12.2. The number of carbonyl (C=O) groups excluding carboxylic acids is 1. The average Bonchev–Trinajstić information content (AvgIpc) is 2.44. The van der Waals surface area contributed by atoms with Crippen LogP contribution in [0.25, 0.3) is 0 Å². The van der Waals surface area contributed by atoms with Gasteiger partial charge in [0.25, 0.3) is 0 Å². The molecule has 4 nitrogen and oxygen atoms in total. The Labute approximate surface area is 120 Å². The maximum absolute atomic E-state index is 11.9. The van der Waals surface area contributed by atoms with Gasteiger partial charge in [0.1, 0.15) is 0 Å². The van der Waals surface area contributed by atoms with Crippen LogP contribution in [0.5, 0.6) is 0 Å². The lowest BCUT2D eigenvalue weighted by molar-refractivity contribution is -0.138. The van der Waals surface area contributed by atoms with E-state index in [4.69, 9.17) is 5.11 Å². The number of benzene rings is 1. The first kappa shape index (κ1) is 16.2. The van der Waals surface area contributed by atoms with E-state index in [9.17, 15) is 9.59 Å². The van der Waals surface area contributed by atoms with Gasteiger partial charge in [-0.25, -0.2) is 0 Å². The summed E-state index contributed by atoms with van der Waals surface area (Å²) in [6.45, 7) is 2.62. The van der Waals surface area contributed by atoms with Crippen molar-refractivity contribution < 1.29 is 14.7 Å². The summed E-state index contributed by atoms with van der Waals surface area (Å²) in [5.74, 6) is -0.380. The van der Waals surface area contributed by atoms with Crippen LogP contribution in [0.2, 0.25) is 0 Å². The summed E-state index contributed by atoms with van der Waals surface area (Å²) >= 11 is 0. The van der Waals surface area contributed by atoms with Crippen molar-refractivity contribution in [1.82, 2.24) is 4.90 Å². The maximum atomic E-state index is 11.9. The summed E-state index contributed by atoms with van der Waals surface area (Å²) in [6, 6.07) is 10.1. The lowest BCUT2D eigenvalue weighted by atomic mass is 9.96. The van der Waals surface area contributed by atoms with Gasteiger partial charge in [-0.1, -0.05) is 37.3 Å². The third kappa shape index (κ3) is 5.87. The van der Waals surface area contributed by atoms with Crippen molar-refractivity contribution in [2.75, 3.05) is 13.6 Å². The lowest BCUT2D eigenvalue weighted by Gasteiger charge is -2.18. The van der Waals surface area contributed by atoms with Crippen molar-refractivity contribution >= 4 is 11.9 Å². The molecule has 20 heavy (non-hydrogen) atoms. The minimum atomic E-state index is -0.816. The van der Waals surface area contributed by atoms with Gasteiger partial charge >= 0.3 is 5.97 Å². The summed E-state index contributed by atoms with van der Waals surface area (Å²) in [4.78, 5) is 24.0. The first-order valence-corrected chi connectivity index (χ1v) is 7.01. The van der Waals surface area contributed by atoms with Gasteiger partial charge in [0.2, 0.25) is 5.91 Å². The summed E-state index contributed by atoms with van der Waals surface area (Å²) in [5, 5.41) is 8.56. The fourth-order valence-corrected chi connectivity index (χ4v) is 2.07. The number of hydrogen-bond donors (Lipinski definition) is 1. The van der Waals surface area contributed by atoms with E-state index in [1.54, 1.807) is 11.9 Å². The van der Waals surface area contributed by atoms with Crippen LogP contribution in [0, 0.1) is 0 Å². The van der Waals surface area contributed by atoms with Crippen molar-refractivity contribution in [2.45, 2.75) is 38.5 Å². The van der Waals surface area contributed by atoms with E-state index in [2.05, 4.69) is 19.1 Å². The Bertz CT molecular complexity index is 431. The maximum Gasteiger partial charge on any atom is 0.303 e. The molecule has 0 aromatic heterocycles. The SMILES string of the molecule is CC(CCC(=O)N(C)CCCC(=O)O)c1ccccc1. The van der Waals surface area contributed by atoms with Gasteiger partial charge in [0.15, 0.2) is 0 Å². The van der Waals surface area contributed by atoms with Crippen LogP contribution in [0.4, 0.5) is 0 Å². The number of rotatable bonds is 8. The monoisotopic (exact) mass is 277 g/mol. The average molecular weight is 277 g/mol. The molecular formula is C16H23NO3. The summed E-state index contributed by atoms with van der Waals surface area (Å²) in [5.41, 5.74) is 1.24. The third-order valence-corrected chi connectivity index (χ3v) is 3.47. The van der Waals surface area contributed by atoms with Gasteiger partial charge in [-0.15, -0.1) is 0 Å². The Hall–Kier alpha value is -1.84. The van der Waals surface area contributed by atoms with Gasteiger partial charge in [0, 0.05) is 26.4 Å². The Balaban J connectivity index is 2.30.